The van der Waals surface area contributed by atoms with Gasteiger partial charge in [-0.05, 0) is 60.7 Å². The summed E-state index contributed by atoms with van der Waals surface area (Å²) in [5, 5.41) is 0.624. The molecule has 2 aromatic rings. The average Bonchev–Trinajstić information content (AvgIpc) is 2.36. The summed E-state index contributed by atoms with van der Waals surface area (Å²) in [5.74, 6) is 0. The van der Waals surface area contributed by atoms with Crippen LogP contribution in [0.4, 0.5) is 0 Å². The standard InChI is InChI=1S/C16H15BrCl2/c1-9-8-14(17)10(2)7-13(9)16(19)12-4-5-15(18)11(3)6-12/h4-8,16H,1-3H3. The van der Waals surface area contributed by atoms with Crippen molar-refractivity contribution in [3.8, 4) is 0 Å². The molecule has 0 amide bonds. The maximum Gasteiger partial charge on any atom is 0.0838 e. The molecule has 0 saturated heterocycles. The minimum Gasteiger partial charge on any atom is -0.113 e. The molecule has 3 heteroatoms. The quantitative estimate of drug-likeness (QED) is 0.549. The Morgan fingerprint density at radius 1 is 0.947 bits per heavy atom. The Kier molecular flexibility index (Phi) is 4.60. The maximum atomic E-state index is 6.63. The predicted octanol–water partition coefficient (Wildman–Crippen LogP) is 6.36. The van der Waals surface area contributed by atoms with Crippen molar-refractivity contribution in [2.24, 2.45) is 0 Å². The number of halogens is 3. The third-order valence-corrected chi connectivity index (χ3v) is 5.06. The van der Waals surface area contributed by atoms with Crippen molar-refractivity contribution < 1.29 is 0 Å². The van der Waals surface area contributed by atoms with Gasteiger partial charge in [-0.15, -0.1) is 11.6 Å². The lowest BCUT2D eigenvalue weighted by Gasteiger charge is -2.16. The van der Waals surface area contributed by atoms with Crippen molar-refractivity contribution in [3.63, 3.8) is 0 Å². The Morgan fingerprint density at radius 2 is 1.63 bits per heavy atom. The van der Waals surface area contributed by atoms with Crippen molar-refractivity contribution >= 4 is 39.1 Å². The first-order chi connectivity index (χ1) is 8.90. The van der Waals surface area contributed by atoms with Crippen molar-refractivity contribution in [2.45, 2.75) is 26.1 Å². The van der Waals surface area contributed by atoms with E-state index in [1.54, 1.807) is 0 Å². The van der Waals surface area contributed by atoms with Crippen molar-refractivity contribution in [2.75, 3.05) is 0 Å². The van der Waals surface area contributed by atoms with Gasteiger partial charge in [-0.3, -0.25) is 0 Å². The lowest BCUT2D eigenvalue weighted by molar-refractivity contribution is 1.09. The molecule has 0 nitrogen and oxygen atoms in total. The minimum absolute atomic E-state index is 0.150. The SMILES string of the molecule is Cc1cc(C(Cl)c2cc(C)c(Br)cc2C)ccc1Cl. The summed E-state index contributed by atoms with van der Waals surface area (Å²) in [6.45, 7) is 6.15. The van der Waals surface area contributed by atoms with Gasteiger partial charge in [0.1, 0.15) is 0 Å². The van der Waals surface area contributed by atoms with Crippen LogP contribution in [-0.2, 0) is 0 Å². The van der Waals surface area contributed by atoms with Gasteiger partial charge in [-0.1, -0.05) is 45.7 Å². The highest BCUT2D eigenvalue weighted by Gasteiger charge is 2.15. The number of hydrogen-bond acceptors (Lipinski definition) is 0. The molecule has 0 fully saturated rings. The molecular weight excluding hydrogens is 343 g/mol. The Bertz CT molecular complexity index is 620. The fourth-order valence-corrected chi connectivity index (χ4v) is 3.03. The third kappa shape index (κ3) is 3.16. The molecule has 0 heterocycles. The van der Waals surface area contributed by atoms with E-state index < -0.39 is 0 Å². The van der Waals surface area contributed by atoms with Gasteiger partial charge < -0.3 is 0 Å². The van der Waals surface area contributed by atoms with E-state index in [2.05, 4.69) is 48.0 Å². The molecule has 0 aliphatic carbocycles. The lowest BCUT2D eigenvalue weighted by atomic mass is 9.97. The summed E-state index contributed by atoms with van der Waals surface area (Å²) < 4.78 is 1.12. The summed E-state index contributed by atoms with van der Waals surface area (Å²) in [6.07, 6.45) is 0. The van der Waals surface area contributed by atoms with Crippen LogP contribution < -0.4 is 0 Å². The first kappa shape index (κ1) is 14.9. The van der Waals surface area contributed by atoms with Crippen molar-refractivity contribution in [1.82, 2.24) is 0 Å². The predicted molar refractivity (Wildman–Crippen MR) is 87.5 cm³/mol. The Hall–Kier alpha value is -0.500. The molecule has 2 rings (SSSR count). The highest BCUT2D eigenvalue weighted by atomic mass is 79.9. The first-order valence-electron chi connectivity index (χ1n) is 6.07. The highest BCUT2D eigenvalue weighted by molar-refractivity contribution is 9.10. The molecule has 0 aliphatic rings. The van der Waals surface area contributed by atoms with Gasteiger partial charge >= 0.3 is 0 Å². The van der Waals surface area contributed by atoms with Crippen LogP contribution in [0.15, 0.2) is 34.8 Å². The van der Waals surface area contributed by atoms with E-state index in [0.717, 1.165) is 26.2 Å². The summed E-state index contributed by atoms with van der Waals surface area (Å²) >= 11 is 16.2. The van der Waals surface area contributed by atoms with Crippen LogP contribution in [0, 0.1) is 20.8 Å². The van der Waals surface area contributed by atoms with E-state index in [0.29, 0.717) is 0 Å². The molecule has 0 aliphatic heterocycles. The largest absolute Gasteiger partial charge is 0.113 e. The second-order valence-corrected chi connectivity index (χ2v) is 6.53. The van der Waals surface area contributed by atoms with Crippen molar-refractivity contribution in [1.29, 1.82) is 0 Å². The van der Waals surface area contributed by atoms with E-state index in [4.69, 9.17) is 23.2 Å². The molecule has 0 radical (unpaired) electrons. The van der Waals surface area contributed by atoms with Gasteiger partial charge in [0.15, 0.2) is 0 Å². The van der Waals surface area contributed by atoms with E-state index in [9.17, 15) is 0 Å². The Balaban J connectivity index is 2.46. The molecule has 100 valence electrons. The molecule has 0 saturated carbocycles. The Morgan fingerprint density at radius 3 is 2.26 bits per heavy atom. The number of aryl methyl sites for hydroxylation is 3. The maximum absolute atomic E-state index is 6.63. The summed E-state index contributed by atoms with van der Waals surface area (Å²) in [5.41, 5.74) is 5.65. The summed E-state index contributed by atoms with van der Waals surface area (Å²) in [7, 11) is 0. The van der Waals surface area contributed by atoms with Crippen LogP contribution in [0.1, 0.15) is 33.2 Å². The summed E-state index contributed by atoms with van der Waals surface area (Å²) in [4.78, 5) is 0. The smallest absolute Gasteiger partial charge is 0.0838 e. The average molecular weight is 358 g/mol. The number of benzene rings is 2. The zero-order chi connectivity index (χ0) is 14.2. The zero-order valence-electron chi connectivity index (χ0n) is 11.1. The number of alkyl halides is 1. The second-order valence-electron chi connectivity index (χ2n) is 4.83. The van der Waals surface area contributed by atoms with Crippen LogP contribution >= 0.6 is 39.1 Å². The molecule has 0 bridgehead atoms. The van der Waals surface area contributed by atoms with Gasteiger partial charge in [0.2, 0.25) is 0 Å². The lowest BCUT2D eigenvalue weighted by Crippen LogP contribution is -1.98. The van der Waals surface area contributed by atoms with Crippen LogP contribution in [0.25, 0.3) is 0 Å². The summed E-state index contributed by atoms with van der Waals surface area (Å²) in [6, 6.07) is 10.2. The molecule has 1 atom stereocenters. The van der Waals surface area contributed by atoms with E-state index in [1.165, 1.54) is 11.1 Å². The fourth-order valence-electron chi connectivity index (χ4n) is 2.08. The highest BCUT2D eigenvalue weighted by Crippen LogP contribution is 2.35. The van der Waals surface area contributed by atoms with Gasteiger partial charge in [-0.25, -0.2) is 0 Å². The molecule has 19 heavy (non-hydrogen) atoms. The number of hydrogen-bond donors (Lipinski definition) is 0. The van der Waals surface area contributed by atoms with E-state index >= 15 is 0 Å². The van der Waals surface area contributed by atoms with Gasteiger partial charge in [0, 0.05) is 9.50 Å². The van der Waals surface area contributed by atoms with Crippen LogP contribution in [0.2, 0.25) is 5.02 Å². The molecule has 1 unspecified atom stereocenters. The van der Waals surface area contributed by atoms with E-state index in [1.807, 2.05) is 19.1 Å². The topological polar surface area (TPSA) is 0 Å². The fraction of sp³-hybridized carbons (Fsp3) is 0.250. The van der Waals surface area contributed by atoms with Gasteiger partial charge in [0.25, 0.3) is 0 Å². The third-order valence-electron chi connectivity index (χ3n) is 3.30. The Labute approximate surface area is 132 Å². The molecule has 0 N–H and O–H groups in total. The zero-order valence-corrected chi connectivity index (χ0v) is 14.2. The van der Waals surface area contributed by atoms with Gasteiger partial charge in [0.05, 0.1) is 5.38 Å². The van der Waals surface area contributed by atoms with Crippen LogP contribution in [-0.4, -0.2) is 0 Å². The van der Waals surface area contributed by atoms with Gasteiger partial charge in [-0.2, -0.15) is 0 Å². The molecule has 2 aromatic carbocycles. The van der Waals surface area contributed by atoms with Crippen molar-refractivity contribution in [3.05, 3.63) is 67.6 Å². The number of rotatable bonds is 2. The second kappa shape index (κ2) is 5.87. The molecular formula is C16H15BrCl2. The van der Waals surface area contributed by atoms with E-state index in [-0.39, 0.29) is 5.38 Å². The molecule has 0 spiro atoms. The normalized spacial score (nSPS) is 12.5. The monoisotopic (exact) mass is 356 g/mol. The van der Waals surface area contributed by atoms with Crippen LogP contribution in [0.5, 0.6) is 0 Å². The van der Waals surface area contributed by atoms with Crippen LogP contribution in [0.3, 0.4) is 0 Å². The molecule has 0 aromatic heterocycles. The first-order valence-corrected chi connectivity index (χ1v) is 7.67. The minimum atomic E-state index is -0.150.